The molecule has 0 atom stereocenters. The monoisotopic (exact) mass is 170 g/mol. The van der Waals surface area contributed by atoms with Gasteiger partial charge in [0, 0.05) is 12.6 Å². The summed E-state index contributed by atoms with van der Waals surface area (Å²) in [4.78, 5) is 13.9. The third-order valence-electron chi connectivity index (χ3n) is 1.34. The lowest BCUT2D eigenvalue weighted by Crippen LogP contribution is -1.97. The molecule has 0 aliphatic rings. The highest BCUT2D eigenvalue weighted by molar-refractivity contribution is 6.31. The van der Waals surface area contributed by atoms with Gasteiger partial charge in [-0.1, -0.05) is 11.6 Å². The maximum absolute atomic E-state index is 10.1. The van der Waals surface area contributed by atoms with E-state index in [1.807, 2.05) is 0 Å². The molecule has 3 nitrogen and oxygen atoms in total. The van der Waals surface area contributed by atoms with Crippen LogP contribution in [0, 0.1) is 0 Å². The van der Waals surface area contributed by atoms with E-state index in [1.54, 1.807) is 6.07 Å². The van der Waals surface area contributed by atoms with E-state index in [4.69, 9.17) is 17.3 Å². The number of nitrogens with two attached hydrogens (primary N) is 1. The van der Waals surface area contributed by atoms with Crippen LogP contribution in [0.2, 0.25) is 5.15 Å². The highest BCUT2D eigenvalue weighted by Crippen LogP contribution is 2.19. The van der Waals surface area contributed by atoms with E-state index in [-0.39, 0.29) is 11.6 Å². The summed E-state index contributed by atoms with van der Waals surface area (Å²) in [5, 5.41) is 0.254. The summed E-state index contributed by atoms with van der Waals surface area (Å²) in [6.45, 7) is 0. The van der Waals surface area contributed by atoms with Crippen LogP contribution in [0.25, 0.3) is 0 Å². The SMILES string of the molecule is Nc1c(CC=O)ccnc1Cl. The normalized spacial score (nSPS) is 9.55. The van der Waals surface area contributed by atoms with E-state index in [0.717, 1.165) is 11.8 Å². The van der Waals surface area contributed by atoms with Crippen molar-refractivity contribution in [3.8, 4) is 0 Å². The molecular weight excluding hydrogens is 164 g/mol. The number of nitrogens with zero attached hydrogens (tertiary/aromatic N) is 1. The van der Waals surface area contributed by atoms with Crippen LogP contribution in [0.15, 0.2) is 12.3 Å². The van der Waals surface area contributed by atoms with E-state index < -0.39 is 0 Å². The second kappa shape index (κ2) is 3.34. The molecule has 1 aromatic heterocycles. The Bertz CT molecular complexity index is 275. The average Bonchev–Trinajstić information content (AvgIpc) is 1.99. The number of hydrogen-bond acceptors (Lipinski definition) is 3. The molecule has 1 aromatic rings. The van der Waals surface area contributed by atoms with Gasteiger partial charge in [-0.15, -0.1) is 0 Å². The Morgan fingerprint density at radius 3 is 3.09 bits per heavy atom. The molecule has 4 heteroatoms. The van der Waals surface area contributed by atoms with Crippen molar-refractivity contribution in [1.82, 2.24) is 4.98 Å². The van der Waals surface area contributed by atoms with Gasteiger partial charge < -0.3 is 10.5 Å². The Labute approximate surface area is 69.2 Å². The standard InChI is InChI=1S/C7H7ClN2O/c8-7-6(9)5(2-4-11)1-3-10-7/h1,3-4H,2,9H2. The summed E-state index contributed by atoms with van der Waals surface area (Å²) < 4.78 is 0. The Morgan fingerprint density at radius 2 is 2.45 bits per heavy atom. The fourth-order valence-electron chi connectivity index (χ4n) is 0.752. The lowest BCUT2D eigenvalue weighted by atomic mass is 10.2. The van der Waals surface area contributed by atoms with Gasteiger partial charge in [-0.05, 0) is 11.6 Å². The van der Waals surface area contributed by atoms with Crippen molar-refractivity contribution in [1.29, 1.82) is 0 Å². The Kier molecular flexibility index (Phi) is 2.44. The van der Waals surface area contributed by atoms with Gasteiger partial charge in [0.15, 0.2) is 5.15 Å². The van der Waals surface area contributed by atoms with Crippen molar-refractivity contribution in [3.05, 3.63) is 23.0 Å². The molecule has 0 amide bonds. The molecule has 2 N–H and O–H groups in total. The minimum atomic E-state index is 0.254. The Hall–Kier alpha value is -1.09. The third kappa shape index (κ3) is 1.68. The number of anilines is 1. The lowest BCUT2D eigenvalue weighted by molar-refractivity contribution is -0.107. The first-order valence-electron chi connectivity index (χ1n) is 3.08. The zero-order chi connectivity index (χ0) is 8.27. The zero-order valence-corrected chi connectivity index (χ0v) is 6.51. The van der Waals surface area contributed by atoms with Crippen LogP contribution >= 0.6 is 11.6 Å². The maximum Gasteiger partial charge on any atom is 0.152 e. The highest BCUT2D eigenvalue weighted by Gasteiger charge is 2.01. The van der Waals surface area contributed by atoms with Crippen LogP contribution in [0.1, 0.15) is 5.56 Å². The Balaban J connectivity index is 3.05. The summed E-state index contributed by atoms with van der Waals surface area (Å²) in [6, 6.07) is 1.68. The first-order chi connectivity index (χ1) is 5.25. The molecule has 0 unspecified atom stereocenters. The van der Waals surface area contributed by atoms with Crippen molar-refractivity contribution in [3.63, 3.8) is 0 Å². The minimum Gasteiger partial charge on any atom is -0.396 e. The largest absolute Gasteiger partial charge is 0.396 e. The lowest BCUT2D eigenvalue weighted by Gasteiger charge is -2.00. The number of carbonyl (C=O) groups excluding carboxylic acids is 1. The molecule has 0 bridgehead atoms. The van der Waals surface area contributed by atoms with Crippen LogP contribution in [0.4, 0.5) is 5.69 Å². The minimum absolute atomic E-state index is 0.254. The van der Waals surface area contributed by atoms with Crippen LogP contribution in [-0.4, -0.2) is 11.3 Å². The smallest absolute Gasteiger partial charge is 0.152 e. The molecule has 11 heavy (non-hydrogen) atoms. The second-order valence-electron chi connectivity index (χ2n) is 2.05. The number of hydrogen-bond donors (Lipinski definition) is 1. The first-order valence-corrected chi connectivity index (χ1v) is 3.46. The van der Waals surface area contributed by atoms with E-state index in [2.05, 4.69) is 4.98 Å². The van der Waals surface area contributed by atoms with Crippen LogP contribution in [-0.2, 0) is 11.2 Å². The molecule has 0 aromatic carbocycles. The molecule has 0 saturated carbocycles. The second-order valence-corrected chi connectivity index (χ2v) is 2.40. The van der Waals surface area contributed by atoms with E-state index >= 15 is 0 Å². The molecule has 0 spiro atoms. The molecule has 1 heterocycles. The molecule has 0 saturated heterocycles. The van der Waals surface area contributed by atoms with Crippen molar-refractivity contribution < 1.29 is 4.79 Å². The topological polar surface area (TPSA) is 56.0 Å². The van der Waals surface area contributed by atoms with Gasteiger partial charge >= 0.3 is 0 Å². The predicted molar refractivity (Wildman–Crippen MR) is 43.4 cm³/mol. The summed E-state index contributed by atoms with van der Waals surface area (Å²) in [5.74, 6) is 0. The van der Waals surface area contributed by atoms with Gasteiger partial charge in [0.1, 0.15) is 6.29 Å². The predicted octanol–water partition coefficient (Wildman–Crippen LogP) is 1.06. The Morgan fingerprint density at radius 1 is 1.73 bits per heavy atom. The van der Waals surface area contributed by atoms with Gasteiger partial charge in [-0.2, -0.15) is 0 Å². The number of rotatable bonds is 2. The van der Waals surface area contributed by atoms with Gasteiger partial charge in [0.25, 0.3) is 0 Å². The van der Waals surface area contributed by atoms with E-state index in [0.29, 0.717) is 5.69 Å². The molecular formula is C7H7ClN2O. The van der Waals surface area contributed by atoms with Crippen LogP contribution in [0.3, 0.4) is 0 Å². The van der Waals surface area contributed by atoms with Crippen molar-refractivity contribution in [2.75, 3.05) is 5.73 Å². The fourth-order valence-corrected chi connectivity index (χ4v) is 0.930. The number of aromatic nitrogens is 1. The quantitative estimate of drug-likeness (QED) is 0.534. The highest BCUT2D eigenvalue weighted by atomic mass is 35.5. The number of nitrogen functional groups attached to an aromatic ring is 1. The maximum atomic E-state index is 10.1. The zero-order valence-electron chi connectivity index (χ0n) is 5.75. The molecule has 58 valence electrons. The number of carbonyl (C=O) groups is 1. The van der Waals surface area contributed by atoms with Gasteiger partial charge in [-0.25, -0.2) is 4.98 Å². The van der Waals surface area contributed by atoms with Crippen molar-refractivity contribution in [2.24, 2.45) is 0 Å². The van der Waals surface area contributed by atoms with Gasteiger partial charge in [0.05, 0.1) is 5.69 Å². The van der Waals surface area contributed by atoms with Crippen LogP contribution in [0.5, 0.6) is 0 Å². The summed E-state index contributed by atoms with van der Waals surface area (Å²) in [6.07, 6.45) is 2.59. The van der Waals surface area contributed by atoms with Crippen molar-refractivity contribution in [2.45, 2.75) is 6.42 Å². The first kappa shape index (κ1) is 8.01. The molecule has 0 fully saturated rings. The number of pyridine rings is 1. The average molecular weight is 171 g/mol. The van der Waals surface area contributed by atoms with E-state index in [1.165, 1.54) is 6.20 Å². The van der Waals surface area contributed by atoms with Crippen LogP contribution < -0.4 is 5.73 Å². The molecule has 1 rings (SSSR count). The van der Waals surface area contributed by atoms with Gasteiger partial charge in [0.2, 0.25) is 0 Å². The summed E-state index contributed by atoms with van der Waals surface area (Å²) in [5.41, 5.74) is 6.63. The third-order valence-corrected chi connectivity index (χ3v) is 1.64. The van der Waals surface area contributed by atoms with Gasteiger partial charge in [-0.3, -0.25) is 0 Å². The summed E-state index contributed by atoms with van der Waals surface area (Å²) >= 11 is 5.60. The number of aldehydes is 1. The van der Waals surface area contributed by atoms with E-state index in [9.17, 15) is 4.79 Å². The molecule has 0 aliphatic carbocycles. The number of halogens is 1. The fraction of sp³-hybridized carbons (Fsp3) is 0.143. The molecule has 0 radical (unpaired) electrons. The summed E-state index contributed by atoms with van der Waals surface area (Å²) in [7, 11) is 0. The molecule has 0 aliphatic heterocycles. The van der Waals surface area contributed by atoms with Crippen molar-refractivity contribution >= 4 is 23.6 Å².